The molecule has 5 rings (SSSR count). The van der Waals surface area contributed by atoms with Crippen LogP contribution in [0.3, 0.4) is 0 Å². The van der Waals surface area contributed by atoms with E-state index in [1.807, 2.05) is 32.3 Å². The number of aromatic nitrogens is 3. The fraction of sp³-hybridized carbons (Fsp3) is 0.208. The average molecular weight is 433 g/mol. The van der Waals surface area contributed by atoms with Gasteiger partial charge in [0.2, 0.25) is 6.30 Å². The molecule has 4 aromatic rings. The first-order valence-corrected chi connectivity index (χ1v) is 10.2. The highest BCUT2D eigenvalue weighted by atomic mass is 19.2. The number of amides is 1. The Bertz CT molecular complexity index is 1370. The average Bonchev–Trinajstić information content (AvgIpc) is 3.20. The maximum atomic E-state index is 15.4. The number of alkyl halides is 2. The fourth-order valence-corrected chi connectivity index (χ4v) is 4.32. The normalized spacial score (nSPS) is 18.1. The number of halogens is 2. The molecule has 0 saturated carbocycles. The molecule has 3 heterocycles. The largest absolute Gasteiger partial charge is 0.364 e. The molecule has 162 valence electrons. The summed E-state index contributed by atoms with van der Waals surface area (Å²) in [6.45, 7) is 1.92. The first kappa shape index (κ1) is 20.1. The van der Waals surface area contributed by atoms with E-state index in [4.69, 9.17) is 5.73 Å². The van der Waals surface area contributed by atoms with Crippen molar-refractivity contribution in [3.05, 3.63) is 71.7 Å². The number of benzene rings is 2. The summed E-state index contributed by atoms with van der Waals surface area (Å²) in [5.41, 5.74) is 9.35. The molecule has 2 atom stereocenters. The van der Waals surface area contributed by atoms with Crippen molar-refractivity contribution in [2.75, 3.05) is 4.90 Å². The van der Waals surface area contributed by atoms with Crippen molar-refractivity contribution < 1.29 is 13.6 Å². The number of hydrogen-bond acceptors (Lipinski definition) is 4. The van der Waals surface area contributed by atoms with Crippen LogP contribution in [0.4, 0.5) is 20.3 Å². The Morgan fingerprint density at radius 3 is 2.69 bits per heavy atom. The highest BCUT2D eigenvalue weighted by Crippen LogP contribution is 2.43. The number of hydrogen-bond donors (Lipinski definition) is 1. The van der Waals surface area contributed by atoms with Crippen molar-refractivity contribution in [1.29, 1.82) is 0 Å². The van der Waals surface area contributed by atoms with E-state index in [2.05, 4.69) is 10.1 Å². The third-order valence-electron chi connectivity index (χ3n) is 5.86. The van der Waals surface area contributed by atoms with Crippen LogP contribution in [0.15, 0.2) is 54.9 Å². The second-order valence-corrected chi connectivity index (χ2v) is 8.08. The summed E-state index contributed by atoms with van der Waals surface area (Å²) in [6, 6.07) is 12.4. The molecule has 2 N–H and O–H groups in total. The van der Waals surface area contributed by atoms with Gasteiger partial charge >= 0.3 is 0 Å². The molecule has 0 bridgehead atoms. The van der Waals surface area contributed by atoms with Crippen molar-refractivity contribution in [3.8, 4) is 11.1 Å². The van der Waals surface area contributed by atoms with Crippen molar-refractivity contribution in [3.63, 3.8) is 0 Å². The van der Waals surface area contributed by atoms with Gasteiger partial charge in [-0.25, -0.2) is 13.8 Å². The Labute approximate surface area is 183 Å². The summed E-state index contributed by atoms with van der Waals surface area (Å²) in [7, 11) is 1.83. The predicted molar refractivity (Wildman–Crippen MR) is 119 cm³/mol. The van der Waals surface area contributed by atoms with Crippen LogP contribution < -0.4 is 10.6 Å². The van der Waals surface area contributed by atoms with Crippen LogP contribution in [0.25, 0.3) is 21.9 Å². The van der Waals surface area contributed by atoms with Crippen LogP contribution in [0.2, 0.25) is 0 Å². The number of fused-ring (bicyclic) bond motifs is 2. The molecule has 32 heavy (non-hydrogen) atoms. The van der Waals surface area contributed by atoms with E-state index in [0.717, 1.165) is 16.7 Å². The molecule has 0 aliphatic carbocycles. The van der Waals surface area contributed by atoms with Gasteiger partial charge in [0.1, 0.15) is 11.5 Å². The van der Waals surface area contributed by atoms with Crippen LogP contribution in [-0.4, -0.2) is 33.1 Å². The van der Waals surface area contributed by atoms with E-state index >= 15 is 4.39 Å². The Hall–Kier alpha value is -3.81. The van der Waals surface area contributed by atoms with E-state index in [-0.39, 0.29) is 17.9 Å². The van der Waals surface area contributed by atoms with Crippen LogP contribution in [0, 0.1) is 6.92 Å². The number of carbonyl (C=O) groups excluding carboxylic acids is 1. The summed E-state index contributed by atoms with van der Waals surface area (Å²) in [5.74, 6) is -0.564. The van der Waals surface area contributed by atoms with Gasteiger partial charge in [-0.15, -0.1) is 0 Å². The van der Waals surface area contributed by atoms with Gasteiger partial charge in [0.05, 0.1) is 6.20 Å². The minimum atomic E-state index is -1.95. The highest BCUT2D eigenvalue weighted by molar-refractivity contribution is 6.01. The second-order valence-electron chi connectivity index (χ2n) is 8.08. The Balaban J connectivity index is 1.75. The lowest BCUT2D eigenvalue weighted by Crippen LogP contribution is -2.41. The minimum Gasteiger partial charge on any atom is -0.364 e. The van der Waals surface area contributed by atoms with Crippen molar-refractivity contribution >= 4 is 28.2 Å². The fourth-order valence-electron chi connectivity index (χ4n) is 4.32. The van der Waals surface area contributed by atoms with Crippen LogP contribution in [-0.2, 0) is 13.5 Å². The zero-order valence-electron chi connectivity index (χ0n) is 17.6. The molecule has 1 aliphatic rings. The zero-order chi connectivity index (χ0) is 22.6. The van der Waals surface area contributed by atoms with E-state index in [0.29, 0.717) is 22.0 Å². The van der Waals surface area contributed by atoms with Crippen molar-refractivity contribution in [1.82, 2.24) is 14.8 Å². The number of nitrogens with two attached hydrogens (primary N) is 1. The van der Waals surface area contributed by atoms with E-state index in [1.165, 1.54) is 4.90 Å². The summed E-state index contributed by atoms with van der Waals surface area (Å²) in [4.78, 5) is 17.5. The van der Waals surface area contributed by atoms with E-state index in [1.54, 1.807) is 41.2 Å². The van der Waals surface area contributed by atoms with Gasteiger partial charge in [0.15, 0.2) is 6.17 Å². The van der Waals surface area contributed by atoms with Crippen LogP contribution in [0.1, 0.15) is 21.6 Å². The molecule has 2 aromatic carbocycles. The summed E-state index contributed by atoms with van der Waals surface area (Å²) in [5, 5.41) is 5.49. The maximum Gasteiger partial charge on any atom is 0.267 e. The van der Waals surface area contributed by atoms with E-state index < -0.39 is 18.4 Å². The Morgan fingerprint density at radius 2 is 1.97 bits per heavy atom. The van der Waals surface area contributed by atoms with Gasteiger partial charge in [0, 0.05) is 36.3 Å². The monoisotopic (exact) mass is 433 g/mol. The summed E-state index contributed by atoms with van der Waals surface area (Å²) in [6.07, 6.45) is -0.152. The number of primary amides is 1. The lowest BCUT2D eigenvalue weighted by atomic mass is 9.92. The second kappa shape index (κ2) is 7.40. The van der Waals surface area contributed by atoms with Gasteiger partial charge in [-0.2, -0.15) is 5.10 Å². The first-order chi connectivity index (χ1) is 15.3. The third-order valence-corrected chi connectivity index (χ3v) is 5.86. The number of carbonyl (C=O) groups is 1. The zero-order valence-corrected chi connectivity index (χ0v) is 17.6. The molecule has 0 fully saturated rings. The SMILES string of the molecule is Cc1cc2c(cc1-c1cnn(C)c1)CC(F)C(F)N2c1nc(C(N)=O)cc2ccccc12. The lowest BCUT2D eigenvalue weighted by Gasteiger charge is -2.37. The van der Waals surface area contributed by atoms with Gasteiger partial charge in [-0.05, 0) is 47.2 Å². The Morgan fingerprint density at radius 1 is 1.19 bits per heavy atom. The molecule has 1 amide bonds. The smallest absolute Gasteiger partial charge is 0.267 e. The van der Waals surface area contributed by atoms with Crippen molar-refractivity contribution in [2.45, 2.75) is 25.8 Å². The number of anilines is 2. The summed E-state index contributed by atoms with van der Waals surface area (Å²) < 4.78 is 32.0. The predicted octanol–water partition coefficient (Wildman–Crippen LogP) is 4.37. The molecule has 2 aromatic heterocycles. The highest BCUT2D eigenvalue weighted by Gasteiger charge is 2.38. The quantitative estimate of drug-likeness (QED) is 0.487. The molecule has 2 unspecified atom stereocenters. The van der Waals surface area contributed by atoms with Gasteiger partial charge < -0.3 is 5.73 Å². The Kier molecular flexibility index (Phi) is 4.65. The third kappa shape index (κ3) is 3.19. The molecular formula is C24H21F2N5O. The first-order valence-electron chi connectivity index (χ1n) is 10.2. The van der Waals surface area contributed by atoms with Gasteiger partial charge in [-0.1, -0.05) is 24.3 Å². The standard InChI is InChI=1S/C24H21F2N5O/c1-13-7-21-15(8-18(13)16-11-28-30(2)12-16)9-19(25)22(26)31(21)24-17-6-4-3-5-14(17)10-20(29-24)23(27)32/h3-8,10-12,19,22H,9H2,1-2H3,(H2,27,32). The molecular weight excluding hydrogens is 412 g/mol. The van der Waals surface area contributed by atoms with Crippen LogP contribution in [0.5, 0.6) is 0 Å². The number of rotatable bonds is 3. The molecule has 1 aliphatic heterocycles. The van der Waals surface area contributed by atoms with E-state index in [9.17, 15) is 9.18 Å². The molecule has 6 nitrogen and oxygen atoms in total. The molecule has 8 heteroatoms. The minimum absolute atomic E-state index is 0.00265. The van der Waals surface area contributed by atoms with Gasteiger partial charge in [0.25, 0.3) is 5.91 Å². The molecule has 0 saturated heterocycles. The number of aryl methyl sites for hydroxylation is 2. The van der Waals surface area contributed by atoms with Crippen LogP contribution >= 0.6 is 0 Å². The number of nitrogens with zero attached hydrogens (tertiary/aromatic N) is 4. The summed E-state index contributed by atoms with van der Waals surface area (Å²) >= 11 is 0. The topological polar surface area (TPSA) is 77.0 Å². The lowest BCUT2D eigenvalue weighted by molar-refractivity contribution is 0.0995. The molecule has 0 spiro atoms. The molecule has 0 radical (unpaired) electrons. The maximum absolute atomic E-state index is 15.4. The number of pyridine rings is 1. The van der Waals surface area contributed by atoms with Gasteiger partial charge in [-0.3, -0.25) is 14.4 Å². The van der Waals surface area contributed by atoms with Crippen molar-refractivity contribution in [2.24, 2.45) is 12.8 Å².